The van der Waals surface area contributed by atoms with Crippen molar-refractivity contribution in [2.75, 3.05) is 0 Å². The Morgan fingerprint density at radius 2 is 1.67 bits per heavy atom. The molecule has 0 unspecified atom stereocenters. The fraction of sp³-hybridized carbons (Fsp3) is 0.231. The first-order valence-electron chi connectivity index (χ1n) is 5.17. The number of rotatable bonds is 2. The summed E-state index contributed by atoms with van der Waals surface area (Å²) in [5.41, 5.74) is 4.41. The van der Waals surface area contributed by atoms with Crippen molar-refractivity contribution in [3.05, 3.63) is 47.8 Å². The van der Waals surface area contributed by atoms with Crippen LogP contribution in [0.25, 0.3) is 11.4 Å². The van der Waals surface area contributed by atoms with Crippen LogP contribution in [-0.4, -0.2) is 9.97 Å². The van der Waals surface area contributed by atoms with Crippen molar-refractivity contribution in [1.29, 1.82) is 0 Å². The number of hydrogen-bond donors (Lipinski definition) is 0. The molecule has 2 heteroatoms. The molecule has 0 spiro atoms. The molecule has 0 aliphatic heterocycles. The van der Waals surface area contributed by atoms with Gasteiger partial charge in [0.2, 0.25) is 0 Å². The van der Waals surface area contributed by atoms with Crippen LogP contribution < -0.4 is 0 Å². The van der Waals surface area contributed by atoms with Crippen molar-refractivity contribution in [3.8, 4) is 11.4 Å². The molecule has 2 aromatic rings. The maximum absolute atomic E-state index is 4.34. The molecule has 0 bridgehead atoms. The van der Waals surface area contributed by atoms with Crippen LogP contribution >= 0.6 is 0 Å². The van der Waals surface area contributed by atoms with Crippen LogP contribution in [0.5, 0.6) is 0 Å². The Labute approximate surface area is 90.0 Å². The summed E-state index contributed by atoms with van der Waals surface area (Å²) in [5, 5.41) is 0. The smallest absolute Gasteiger partial charge is 0.0888 e. The minimum Gasteiger partial charge on any atom is -0.255 e. The van der Waals surface area contributed by atoms with Gasteiger partial charge in [-0.05, 0) is 48.7 Å². The third-order valence-electron chi connectivity index (χ3n) is 2.41. The third kappa shape index (κ3) is 2.21. The average molecular weight is 198 g/mol. The van der Waals surface area contributed by atoms with Crippen molar-refractivity contribution in [2.24, 2.45) is 0 Å². The van der Waals surface area contributed by atoms with E-state index in [2.05, 4.69) is 35.9 Å². The van der Waals surface area contributed by atoms with E-state index >= 15 is 0 Å². The summed E-state index contributed by atoms with van der Waals surface area (Å²) in [4.78, 5) is 8.66. The zero-order chi connectivity index (χ0) is 10.7. The molecule has 2 nitrogen and oxygen atoms in total. The summed E-state index contributed by atoms with van der Waals surface area (Å²) < 4.78 is 0. The van der Waals surface area contributed by atoms with E-state index in [4.69, 9.17) is 0 Å². The van der Waals surface area contributed by atoms with Gasteiger partial charge >= 0.3 is 0 Å². The van der Waals surface area contributed by atoms with Crippen LogP contribution in [0, 0.1) is 6.92 Å². The molecular formula is C13H14N2. The predicted molar refractivity (Wildman–Crippen MR) is 61.6 cm³/mol. The summed E-state index contributed by atoms with van der Waals surface area (Å²) in [6, 6.07) is 8.19. The van der Waals surface area contributed by atoms with E-state index in [1.54, 1.807) is 0 Å². The van der Waals surface area contributed by atoms with Gasteiger partial charge in [0.05, 0.1) is 11.4 Å². The van der Waals surface area contributed by atoms with Crippen molar-refractivity contribution >= 4 is 0 Å². The highest BCUT2D eigenvalue weighted by molar-refractivity contribution is 5.55. The largest absolute Gasteiger partial charge is 0.255 e. The van der Waals surface area contributed by atoms with Gasteiger partial charge in [-0.2, -0.15) is 0 Å². The first-order chi connectivity index (χ1) is 7.29. The lowest BCUT2D eigenvalue weighted by Gasteiger charge is -2.02. The zero-order valence-corrected chi connectivity index (χ0v) is 9.07. The van der Waals surface area contributed by atoms with Crippen LogP contribution in [0.1, 0.15) is 18.1 Å². The van der Waals surface area contributed by atoms with Crippen molar-refractivity contribution in [3.63, 3.8) is 0 Å². The zero-order valence-electron chi connectivity index (χ0n) is 9.07. The standard InChI is InChI=1S/C13H14N2/c1-3-11-5-7-15-13(9-11)12-8-10(2)4-6-14-12/h4-9H,3H2,1-2H3. The molecule has 0 amide bonds. The van der Waals surface area contributed by atoms with Crippen LogP contribution in [0.3, 0.4) is 0 Å². The molecule has 0 saturated heterocycles. The highest BCUT2D eigenvalue weighted by atomic mass is 14.8. The van der Waals surface area contributed by atoms with Gasteiger partial charge in [0.25, 0.3) is 0 Å². The second-order valence-electron chi connectivity index (χ2n) is 3.62. The molecule has 0 atom stereocenters. The quantitative estimate of drug-likeness (QED) is 0.741. The molecular weight excluding hydrogens is 184 g/mol. The Morgan fingerprint density at radius 3 is 2.33 bits per heavy atom. The Morgan fingerprint density at radius 1 is 1.00 bits per heavy atom. The van der Waals surface area contributed by atoms with Gasteiger partial charge in [0, 0.05) is 12.4 Å². The highest BCUT2D eigenvalue weighted by Gasteiger charge is 2.01. The Bertz CT molecular complexity index is 464. The van der Waals surface area contributed by atoms with Gasteiger partial charge in [-0.25, -0.2) is 0 Å². The van der Waals surface area contributed by atoms with Gasteiger partial charge in [-0.15, -0.1) is 0 Å². The lowest BCUT2D eigenvalue weighted by atomic mass is 10.1. The van der Waals surface area contributed by atoms with E-state index in [1.165, 1.54) is 11.1 Å². The maximum Gasteiger partial charge on any atom is 0.0888 e. The summed E-state index contributed by atoms with van der Waals surface area (Å²) in [5.74, 6) is 0. The normalized spacial score (nSPS) is 10.3. The number of nitrogens with zero attached hydrogens (tertiary/aromatic N) is 2. The van der Waals surface area contributed by atoms with Crippen LogP contribution in [0.15, 0.2) is 36.7 Å². The topological polar surface area (TPSA) is 25.8 Å². The Hall–Kier alpha value is -1.70. The number of hydrogen-bond acceptors (Lipinski definition) is 2. The molecule has 0 aliphatic carbocycles. The third-order valence-corrected chi connectivity index (χ3v) is 2.41. The summed E-state index contributed by atoms with van der Waals surface area (Å²) in [6.07, 6.45) is 4.70. The molecule has 15 heavy (non-hydrogen) atoms. The summed E-state index contributed by atoms with van der Waals surface area (Å²) in [6.45, 7) is 4.21. The maximum atomic E-state index is 4.34. The van der Waals surface area contributed by atoms with Gasteiger partial charge < -0.3 is 0 Å². The van der Waals surface area contributed by atoms with Crippen LogP contribution in [0.4, 0.5) is 0 Å². The van der Waals surface area contributed by atoms with Gasteiger partial charge in [0.1, 0.15) is 0 Å². The van der Waals surface area contributed by atoms with E-state index in [-0.39, 0.29) is 0 Å². The van der Waals surface area contributed by atoms with Crippen molar-refractivity contribution < 1.29 is 0 Å². The molecule has 2 aromatic heterocycles. The fourth-order valence-corrected chi connectivity index (χ4v) is 1.51. The SMILES string of the molecule is CCc1ccnc(-c2cc(C)ccn2)c1. The Balaban J connectivity index is 2.44. The first-order valence-corrected chi connectivity index (χ1v) is 5.17. The van der Waals surface area contributed by atoms with Crippen LogP contribution in [-0.2, 0) is 6.42 Å². The molecule has 0 saturated carbocycles. The van der Waals surface area contributed by atoms with Crippen molar-refractivity contribution in [1.82, 2.24) is 9.97 Å². The molecule has 2 heterocycles. The van der Waals surface area contributed by atoms with Crippen molar-refractivity contribution in [2.45, 2.75) is 20.3 Å². The van der Waals surface area contributed by atoms with Gasteiger partial charge in [0.15, 0.2) is 0 Å². The van der Waals surface area contributed by atoms with Crippen LogP contribution in [0.2, 0.25) is 0 Å². The average Bonchev–Trinajstić information content (AvgIpc) is 2.29. The second-order valence-corrected chi connectivity index (χ2v) is 3.62. The first kappa shape index (κ1) is 9.84. The molecule has 0 fully saturated rings. The minimum atomic E-state index is 0.949. The molecule has 2 rings (SSSR count). The van der Waals surface area contributed by atoms with E-state index in [1.807, 2.05) is 24.5 Å². The van der Waals surface area contributed by atoms with Gasteiger partial charge in [-0.1, -0.05) is 6.92 Å². The highest BCUT2D eigenvalue weighted by Crippen LogP contribution is 2.16. The predicted octanol–water partition coefficient (Wildman–Crippen LogP) is 3.01. The Kier molecular flexibility index (Phi) is 2.77. The van der Waals surface area contributed by atoms with E-state index in [0.29, 0.717) is 0 Å². The number of aryl methyl sites for hydroxylation is 2. The second kappa shape index (κ2) is 4.22. The summed E-state index contributed by atoms with van der Waals surface area (Å²) in [7, 11) is 0. The molecule has 76 valence electrons. The molecule has 0 aliphatic rings. The lowest BCUT2D eigenvalue weighted by molar-refractivity contribution is 1.11. The molecule has 0 radical (unpaired) electrons. The summed E-state index contributed by atoms with van der Waals surface area (Å²) >= 11 is 0. The lowest BCUT2D eigenvalue weighted by Crippen LogP contribution is -1.89. The van der Waals surface area contributed by atoms with E-state index in [0.717, 1.165) is 17.8 Å². The van der Waals surface area contributed by atoms with Gasteiger partial charge in [-0.3, -0.25) is 9.97 Å². The minimum absolute atomic E-state index is 0.949. The molecule has 0 N–H and O–H groups in total. The van der Waals surface area contributed by atoms with E-state index < -0.39 is 0 Å². The van der Waals surface area contributed by atoms with E-state index in [9.17, 15) is 0 Å². The number of aromatic nitrogens is 2. The monoisotopic (exact) mass is 198 g/mol. The number of pyridine rings is 2. The molecule has 0 aromatic carbocycles. The fourth-order valence-electron chi connectivity index (χ4n) is 1.51.